The van der Waals surface area contributed by atoms with Crippen LogP contribution < -0.4 is 0 Å². The first-order chi connectivity index (χ1) is 11.5. The Kier molecular flexibility index (Phi) is 7.56. The Labute approximate surface area is 160 Å². The average molecular weight is 431 g/mol. The van der Waals surface area contributed by atoms with Gasteiger partial charge in [-0.05, 0) is 35.4 Å². The summed E-state index contributed by atoms with van der Waals surface area (Å²) in [6.45, 7) is 1.91. The van der Waals surface area contributed by atoms with E-state index in [0.29, 0.717) is 29.7 Å². The van der Waals surface area contributed by atoms with Gasteiger partial charge in [0, 0.05) is 29.7 Å². The van der Waals surface area contributed by atoms with E-state index >= 15 is 0 Å². The highest BCUT2D eigenvalue weighted by Crippen LogP contribution is 2.17. The van der Waals surface area contributed by atoms with Gasteiger partial charge in [0.05, 0.1) is 7.11 Å². The summed E-state index contributed by atoms with van der Waals surface area (Å²) in [4.78, 5) is 13.5. The number of methoxy groups -OCH3 is 1. The molecule has 6 heteroatoms. The molecule has 0 aliphatic heterocycles. The summed E-state index contributed by atoms with van der Waals surface area (Å²) in [6, 6.07) is 15.4. The fourth-order valence-corrected chi connectivity index (χ4v) is 3.16. The number of alkyl halides is 1. The van der Waals surface area contributed by atoms with E-state index in [2.05, 4.69) is 20.8 Å². The van der Waals surface area contributed by atoms with Crippen LogP contribution in [0.4, 0.5) is 0 Å². The molecule has 0 bridgehead atoms. The van der Waals surface area contributed by atoms with Crippen LogP contribution in [0.3, 0.4) is 0 Å². The summed E-state index contributed by atoms with van der Waals surface area (Å²) < 4.78 is 4.80. The minimum Gasteiger partial charge on any atom is -0.468 e. The quantitative estimate of drug-likeness (QED) is 0.460. The van der Waals surface area contributed by atoms with E-state index in [-0.39, 0.29) is 10.8 Å². The van der Waals surface area contributed by atoms with Gasteiger partial charge in [0.2, 0.25) is 0 Å². The van der Waals surface area contributed by atoms with Crippen molar-refractivity contribution in [1.82, 2.24) is 4.90 Å². The van der Waals surface area contributed by atoms with Crippen LogP contribution in [0.25, 0.3) is 0 Å². The van der Waals surface area contributed by atoms with Gasteiger partial charge in [0.1, 0.15) is 4.83 Å². The number of rotatable bonds is 7. The first-order valence-electron chi connectivity index (χ1n) is 7.41. The summed E-state index contributed by atoms with van der Waals surface area (Å²) >= 11 is 15.3. The molecule has 3 nitrogen and oxygen atoms in total. The van der Waals surface area contributed by atoms with Crippen molar-refractivity contribution in [1.29, 1.82) is 0 Å². The second-order valence-electron chi connectivity index (χ2n) is 5.41. The number of benzene rings is 2. The second kappa shape index (κ2) is 9.42. The zero-order valence-electron chi connectivity index (χ0n) is 13.2. The number of carbonyl (C=O) groups is 1. The Hall–Kier alpha value is -1.07. The van der Waals surface area contributed by atoms with Crippen molar-refractivity contribution >= 4 is 45.1 Å². The number of hydrogen-bond acceptors (Lipinski definition) is 3. The van der Waals surface area contributed by atoms with Crippen LogP contribution in [0.2, 0.25) is 10.0 Å². The van der Waals surface area contributed by atoms with E-state index in [9.17, 15) is 4.79 Å². The highest BCUT2D eigenvalue weighted by Gasteiger charge is 2.20. The Morgan fingerprint density at radius 2 is 1.42 bits per heavy atom. The van der Waals surface area contributed by atoms with Crippen LogP contribution in [-0.4, -0.2) is 29.4 Å². The van der Waals surface area contributed by atoms with Crippen molar-refractivity contribution in [2.24, 2.45) is 0 Å². The van der Waals surface area contributed by atoms with E-state index in [0.717, 1.165) is 11.1 Å². The molecule has 0 aliphatic rings. The molecular weight excluding hydrogens is 413 g/mol. The zero-order valence-corrected chi connectivity index (χ0v) is 16.3. The van der Waals surface area contributed by atoms with Crippen LogP contribution in [0.1, 0.15) is 11.1 Å². The van der Waals surface area contributed by atoms with Crippen molar-refractivity contribution in [2.45, 2.75) is 17.9 Å². The number of nitrogens with zero attached hydrogens (tertiary/aromatic N) is 1. The minimum absolute atomic E-state index is 0.285. The largest absolute Gasteiger partial charge is 0.468 e. The summed E-state index contributed by atoms with van der Waals surface area (Å²) in [7, 11) is 1.39. The van der Waals surface area contributed by atoms with E-state index in [4.69, 9.17) is 27.9 Å². The third-order valence-corrected chi connectivity index (χ3v) is 4.68. The molecule has 1 unspecified atom stereocenters. The van der Waals surface area contributed by atoms with Gasteiger partial charge in [0.25, 0.3) is 0 Å². The molecular formula is C18H18BrCl2NO2. The van der Waals surface area contributed by atoms with Crippen molar-refractivity contribution in [2.75, 3.05) is 13.7 Å². The Morgan fingerprint density at radius 3 is 1.79 bits per heavy atom. The van der Waals surface area contributed by atoms with Crippen LogP contribution in [0.15, 0.2) is 48.5 Å². The van der Waals surface area contributed by atoms with Crippen molar-refractivity contribution < 1.29 is 9.53 Å². The smallest absolute Gasteiger partial charge is 0.320 e. The van der Waals surface area contributed by atoms with Crippen LogP contribution in [0.5, 0.6) is 0 Å². The van der Waals surface area contributed by atoms with Gasteiger partial charge >= 0.3 is 5.97 Å². The third kappa shape index (κ3) is 6.10. The molecule has 128 valence electrons. The first kappa shape index (κ1) is 19.3. The van der Waals surface area contributed by atoms with E-state index in [1.165, 1.54) is 7.11 Å². The minimum atomic E-state index is -0.387. The second-order valence-corrected chi connectivity index (χ2v) is 7.39. The lowest BCUT2D eigenvalue weighted by Gasteiger charge is -2.24. The average Bonchev–Trinajstić information content (AvgIpc) is 2.58. The molecule has 2 aromatic rings. The summed E-state index contributed by atoms with van der Waals surface area (Å²) in [5.41, 5.74) is 2.25. The summed E-state index contributed by atoms with van der Waals surface area (Å²) in [5.74, 6) is -0.285. The topological polar surface area (TPSA) is 29.5 Å². The Balaban J connectivity index is 2.11. The molecule has 0 aromatic heterocycles. The predicted octanol–water partition coefficient (Wildman–Crippen LogP) is 4.93. The molecule has 2 rings (SSSR count). The normalized spacial score (nSPS) is 12.2. The number of hydrogen-bond donors (Lipinski definition) is 0. The monoisotopic (exact) mass is 429 g/mol. The van der Waals surface area contributed by atoms with Crippen molar-refractivity contribution in [3.63, 3.8) is 0 Å². The highest BCUT2D eigenvalue weighted by molar-refractivity contribution is 9.10. The standard InChI is InChI=1S/C18H18BrCl2NO2/c1-24-18(23)17(19)12-22(10-13-2-6-15(20)7-3-13)11-14-4-8-16(21)9-5-14/h2-9,17H,10-12H2,1H3. The number of ether oxygens (including phenoxy) is 1. The third-order valence-electron chi connectivity index (χ3n) is 3.51. The van der Waals surface area contributed by atoms with Gasteiger partial charge in [-0.2, -0.15) is 0 Å². The summed E-state index contributed by atoms with van der Waals surface area (Å²) in [6.07, 6.45) is 0. The Morgan fingerprint density at radius 1 is 1.00 bits per heavy atom. The lowest BCUT2D eigenvalue weighted by Crippen LogP contribution is -2.33. The molecule has 0 aliphatic carbocycles. The van der Waals surface area contributed by atoms with E-state index in [1.54, 1.807) is 0 Å². The van der Waals surface area contributed by atoms with Gasteiger partial charge in [-0.25, -0.2) is 0 Å². The molecule has 24 heavy (non-hydrogen) atoms. The molecule has 0 saturated heterocycles. The number of carbonyl (C=O) groups excluding carboxylic acids is 1. The maximum absolute atomic E-state index is 11.7. The van der Waals surface area contributed by atoms with Crippen molar-refractivity contribution in [3.05, 3.63) is 69.7 Å². The highest BCUT2D eigenvalue weighted by atomic mass is 79.9. The zero-order chi connectivity index (χ0) is 17.5. The van der Waals surface area contributed by atoms with Gasteiger partial charge in [-0.15, -0.1) is 0 Å². The first-order valence-corrected chi connectivity index (χ1v) is 9.08. The maximum atomic E-state index is 11.7. The number of halogens is 3. The van der Waals surface area contributed by atoms with Gasteiger partial charge in [0.15, 0.2) is 0 Å². The lowest BCUT2D eigenvalue weighted by atomic mass is 10.1. The Bertz CT molecular complexity index is 614. The van der Waals surface area contributed by atoms with Crippen LogP contribution >= 0.6 is 39.1 Å². The van der Waals surface area contributed by atoms with Crippen LogP contribution in [0, 0.1) is 0 Å². The van der Waals surface area contributed by atoms with Crippen LogP contribution in [-0.2, 0) is 22.6 Å². The molecule has 0 saturated carbocycles. The van der Waals surface area contributed by atoms with Gasteiger partial charge < -0.3 is 4.74 Å². The maximum Gasteiger partial charge on any atom is 0.320 e. The molecule has 0 spiro atoms. The van der Waals surface area contributed by atoms with E-state index < -0.39 is 0 Å². The predicted molar refractivity (Wildman–Crippen MR) is 102 cm³/mol. The SMILES string of the molecule is COC(=O)C(Br)CN(Cc1ccc(Cl)cc1)Cc1ccc(Cl)cc1. The lowest BCUT2D eigenvalue weighted by molar-refractivity contribution is -0.140. The fraction of sp³-hybridized carbons (Fsp3) is 0.278. The molecule has 2 aromatic carbocycles. The molecule has 1 atom stereocenters. The fourth-order valence-electron chi connectivity index (χ4n) is 2.31. The van der Waals surface area contributed by atoms with Crippen molar-refractivity contribution in [3.8, 4) is 0 Å². The molecule has 0 amide bonds. The molecule has 0 fully saturated rings. The molecule has 0 heterocycles. The number of esters is 1. The van der Waals surface area contributed by atoms with Gasteiger partial charge in [-0.1, -0.05) is 63.4 Å². The summed E-state index contributed by atoms with van der Waals surface area (Å²) in [5, 5.41) is 1.41. The molecule has 0 radical (unpaired) electrons. The molecule has 0 N–H and O–H groups in total. The van der Waals surface area contributed by atoms with Gasteiger partial charge in [-0.3, -0.25) is 9.69 Å². The van der Waals surface area contributed by atoms with E-state index in [1.807, 2.05) is 48.5 Å².